The van der Waals surface area contributed by atoms with Crippen molar-refractivity contribution in [2.75, 3.05) is 4.90 Å². The number of amides is 1. The van der Waals surface area contributed by atoms with E-state index in [1.165, 1.54) is 17.0 Å². The first kappa shape index (κ1) is 17.8. The summed E-state index contributed by atoms with van der Waals surface area (Å²) in [5.74, 6) is -0.781. The molecule has 142 valence electrons. The van der Waals surface area contributed by atoms with Crippen molar-refractivity contribution < 1.29 is 13.6 Å². The van der Waals surface area contributed by atoms with E-state index in [0.717, 1.165) is 4.47 Å². The van der Waals surface area contributed by atoms with Crippen molar-refractivity contribution in [1.29, 1.82) is 0 Å². The summed E-state index contributed by atoms with van der Waals surface area (Å²) in [7, 11) is 0. The number of carbonyl (C=O) groups is 1. The summed E-state index contributed by atoms with van der Waals surface area (Å²) >= 11 is 3.43. The Labute approximate surface area is 173 Å². The minimum Gasteiger partial charge on any atom is -0.450 e. The van der Waals surface area contributed by atoms with Gasteiger partial charge in [0.05, 0.1) is 17.0 Å². The molecular formula is C23H13BrFNO3. The minimum atomic E-state index is -0.715. The number of halogens is 2. The zero-order valence-corrected chi connectivity index (χ0v) is 16.5. The van der Waals surface area contributed by atoms with Crippen LogP contribution in [-0.2, 0) is 0 Å². The Balaban J connectivity index is 1.82. The lowest BCUT2D eigenvalue weighted by Crippen LogP contribution is -2.29. The van der Waals surface area contributed by atoms with Gasteiger partial charge in [0, 0.05) is 10.2 Å². The SMILES string of the molecule is O=C1c2oc3ccccc3c(=O)c2C(c2ccc(F)cc2)N1c1cccc(Br)c1. The van der Waals surface area contributed by atoms with E-state index >= 15 is 0 Å². The van der Waals surface area contributed by atoms with Crippen LogP contribution in [0.1, 0.15) is 27.7 Å². The van der Waals surface area contributed by atoms with Gasteiger partial charge in [-0.1, -0.05) is 46.3 Å². The first-order valence-electron chi connectivity index (χ1n) is 8.95. The molecule has 5 rings (SSSR count). The van der Waals surface area contributed by atoms with Crippen LogP contribution in [0.25, 0.3) is 11.0 Å². The molecule has 0 fully saturated rings. The molecule has 2 heterocycles. The third-order valence-corrected chi connectivity index (χ3v) is 5.54. The van der Waals surface area contributed by atoms with Crippen molar-refractivity contribution in [2.24, 2.45) is 0 Å². The van der Waals surface area contributed by atoms with Crippen molar-refractivity contribution in [3.63, 3.8) is 0 Å². The van der Waals surface area contributed by atoms with E-state index in [-0.39, 0.29) is 16.8 Å². The Morgan fingerprint density at radius 3 is 2.45 bits per heavy atom. The Bertz CT molecular complexity index is 1330. The molecule has 6 heteroatoms. The fourth-order valence-corrected chi connectivity index (χ4v) is 4.16. The predicted molar refractivity (Wildman–Crippen MR) is 112 cm³/mol. The first-order valence-corrected chi connectivity index (χ1v) is 9.74. The van der Waals surface area contributed by atoms with Gasteiger partial charge in [0.15, 0.2) is 5.43 Å². The lowest BCUT2D eigenvalue weighted by Gasteiger charge is -2.25. The molecule has 1 atom stereocenters. The molecular weight excluding hydrogens is 437 g/mol. The topological polar surface area (TPSA) is 50.5 Å². The maximum atomic E-state index is 13.5. The molecule has 4 aromatic rings. The summed E-state index contributed by atoms with van der Waals surface area (Å²) in [5, 5.41) is 0.405. The zero-order chi connectivity index (χ0) is 20.1. The molecule has 3 aromatic carbocycles. The van der Waals surface area contributed by atoms with E-state index in [1.54, 1.807) is 48.5 Å². The predicted octanol–water partition coefficient (Wildman–Crippen LogP) is 5.44. The molecule has 1 unspecified atom stereocenters. The van der Waals surface area contributed by atoms with Crippen molar-refractivity contribution >= 4 is 38.5 Å². The van der Waals surface area contributed by atoms with Gasteiger partial charge < -0.3 is 4.42 Å². The molecule has 0 N–H and O–H groups in total. The second-order valence-corrected chi connectivity index (χ2v) is 7.69. The highest BCUT2D eigenvalue weighted by Crippen LogP contribution is 2.41. The van der Waals surface area contributed by atoms with Gasteiger partial charge in [-0.25, -0.2) is 4.39 Å². The summed E-state index contributed by atoms with van der Waals surface area (Å²) in [6.45, 7) is 0. The summed E-state index contributed by atoms with van der Waals surface area (Å²) in [6.07, 6.45) is 0. The lowest BCUT2D eigenvalue weighted by atomic mass is 9.98. The molecule has 0 radical (unpaired) electrons. The molecule has 4 nitrogen and oxygen atoms in total. The summed E-state index contributed by atoms with van der Waals surface area (Å²) in [6, 6.07) is 19.2. The first-order chi connectivity index (χ1) is 14.0. The average molecular weight is 450 g/mol. The minimum absolute atomic E-state index is 0.0167. The van der Waals surface area contributed by atoms with Crippen LogP contribution in [0.4, 0.5) is 10.1 Å². The average Bonchev–Trinajstić information content (AvgIpc) is 3.02. The number of nitrogens with zero attached hydrogens (tertiary/aromatic N) is 1. The number of anilines is 1. The van der Waals surface area contributed by atoms with Crippen LogP contribution >= 0.6 is 15.9 Å². The van der Waals surface area contributed by atoms with Crippen LogP contribution < -0.4 is 10.3 Å². The van der Waals surface area contributed by atoms with E-state index in [4.69, 9.17) is 4.42 Å². The van der Waals surface area contributed by atoms with E-state index in [0.29, 0.717) is 22.2 Å². The highest BCUT2D eigenvalue weighted by molar-refractivity contribution is 9.10. The van der Waals surface area contributed by atoms with Gasteiger partial charge in [0.25, 0.3) is 5.91 Å². The Morgan fingerprint density at radius 2 is 1.69 bits per heavy atom. The number of fused-ring (bicyclic) bond motifs is 2. The lowest BCUT2D eigenvalue weighted by molar-refractivity contribution is 0.0971. The normalized spacial score (nSPS) is 15.7. The van der Waals surface area contributed by atoms with Crippen LogP contribution in [-0.4, -0.2) is 5.91 Å². The Hall–Kier alpha value is -3.25. The van der Waals surface area contributed by atoms with Crippen molar-refractivity contribution in [3.8, 4) is 0 Å². The number of benzene rings is 3. The van der Waals surface area contributed by atoms with Gasteiger partial charge in [-0.2, -0.15) is 0 Å². The number of carbonyl (C=O) groups excluding carboxylic acids is 1. The molecule has 29 heavy (non-hydrogen) atoms. The highest BCUT2D eigenvalue weighted by Gasteiger charge is 2.43. The Kier molecular flexibility index (Phi) is 4.10. The molecule has 1 aliphatic heterocycles. The molecule has 0 bridgehead atoms. The van der Waals surface area contributed by atoms with Gasteiger partial charge >= 0.3 is 0 Å². The van der Waals surface area contributed by atoms with Gasteiger partial charge in [-0.05, 0) is 48.0 Å². The van der Waals surface area contributed by atoms with E-state index < -0.39 is 17.8 Å². The number of para-hydroxylation sites is 1. The van der Waals surface area contributed by atoms with Gasteiger partial charge in [0.1, 0.15) is 11.4 Å². The molecule has 0 saturated carbocycles. The second-order valence-electron chi connectivity index (χ2n) is 6.78. The number of hydrogen-bond donors (Lipinski definition) is 0. The summed E-state index contributed by atoms with van der Waals surface area (Å²) in [5.41, 5.74) is 1.59. The molecule has 1 amide bonds. The molecule has 0 saturated heterocycles. The smallest absolute Gasteiger partial charge is 0.295 e. The standard InChI is InChI=1S/C23H13BrFNO3/c24-14-4-3-5-16(12-14)26-20(13-8-10-15(25)11-9-13)19-21(27)17-6-1-2-7-18(17)29-22(19)23(26)28/h1-12,20H. The van der Waals surface area contributed by atoms with Crippen LogP contribution in [0.2, 0.25) is 0 Å². The fourth-order valence-electron chi connectivity index (χ4n) is 3.77. The van der Waals surface area contributed by atoms with E-state index in [2.05, 4.69) is 15.9 Å². The van der Waals surface area contributed by atoms with Crippen LogP contribution in [0.3, 0.4) is 0 Å². The van der Waals surface area contributed by atoms with Crippen LogP contribution in [0, 0.1) is 5.82 Å². The maximum Gasteiger partial charge on any atom is 0.295 e. The number of hydrogen-bond acceptors (Lipinski definition) is 3. The van der Waals surface area contributed by atoms with Crippen LogP contribution in [0.5, 0.6) is 0 Å². The van der Waals surface area contributed by atoms with Gasteiger partial charge in [0.2, 0.25) is 5.76 Å². The highest BCUT2D eigenvalue weighted by atomic mass is 79.9. The van der Waals surface area contributed by atoms with Gasteiger partial charge in [-0.15, -0.1) is 0 Å². The van der Waals surface area contributed by atoms with Crippen LogP contribution in [0.15, 0.2) is 86.5 Å². The summed E-state index contributed by atoms with van der Waals surface area (Å²) < 4.78 is 20.2. The quantitative estimate of drug-likeness (QED) is 0.409. The molecule has 1 aromatic heterocycles. The maximum absolute atomic E-state index is 13.5. The van der Waals surface area contributed by atoms with Crippen molar-refractivity contribution in [3.05, 3.63) is 110 Å². The molecule has 0 spiro atoms. The molecule has 0 aliphatic carbocycles. The largest absolute Gasteiger partial charge is 0.450 e. The van der Waals surface area contributed by atoms with E-state index in [9.17, 15) is 14.0 Å². The zero-order valence-electron chi connectivity index (χ0n) is 14.9. The Morgan fingerprint density at radius 1 is 0.931 bits per heavy atom. The summed E-state index contributed by atoms with van der Waals surface area (Å²) in [4.78, 5) is 28.2. The third kappa shape index (κ3) is 2.79. The van der Waals surface area contributed by atoms with Gasteiger partial charge in [-0.3, -0.25) is 14.5 Å². The monoisotopic (exact) mass is 449 g/mol. The third-order valence-electron chi connectivity index (χ3n) is 5.05. The van der Waals surface area contributed by atoms with E-state index in [1.807, 2.05) is 12.1 Å². The van der Waals surface area contributed by atoms with Crippen molar-refractivity contribution in [2.45, 2.75) is 6.04 Å². The fraction of sp³-hybridized carbons (Fsp3) is 0.0435. The van der Waals surface area contributed by atoms with Crippen molar-refractivity contribution in [1.82, 2.24) is 0 Å². The second kappa shape index (κ2) is 6.67. The molecule has 1 aliphatic rings. The number of rotatable bonds is 2.